The van der Waals surface area contributed by atoms with Gasteiger partial charge in [0, 0.05) is 11.6 Å². The first-order valence-corrected chi connectivity index (χ1v) is 7.29. The summed E-state index contributed by atoms with van der Waals surface area (Å²) in [4.78, 5) is 0. The summed E-state index contributed by atoms with van der Waals surface area (Å²) in [5, 5.41) is 0. The average molecular weight is 301 g/mol. The summed E-state index contributed by atoms with van der Waals surface area (Å²) in [6.07, 6.45) is -2.46. The van der Waals surface area contributed by atoms with Crippen LogP contribution in [0.5, 0.6) is 5.75 Å². The number of hydrogen-bond acceptors (Lipinski definition) is 2. The monoisotopic (exact) mass is 301 g/mol. The molecular weight excluding hydrogens is 279 g/mol. The van der Waals surface area contributed by atoms with Crippen molar-refractivity contribution in [3.05, 3.63) is 29.3 Å². The Morgan fingerprint density at radius 1 is 1.29 bits per heavy atom. The SMILES string of the molecule is COc1ccc(C)cc1C(N)C1CCCC(C(F)(F)F)C1. The highest BCUT2D eigenvalue weighted by atomic mass is 19.4. The molecular formula is C16H22F3NO. The Hall–Kier alpha value is -1.23. The Morgan fingerprint density at radius 3 is 2.62 bits per heavy atom. The standard InChI is InChI=1S/C16H22F3NO/c1-10-6-7-14(21-2)13(8-10)15(20)11-4-3-5-12(9-11)16(17,18)19/h6-8,11-12,15H,3-5,9,20H2,1-2H3. The molecule has 1 aromatic rings. The third-order valence-electron chi connectivity index (χ3n) is 4.43. The Morgan fingerprint density at radius 2 is 2.00 bits per heavy atom. The van der Waals surface area contributed by atoms with Gasteiger partial charge in [-0.15, -0.1) is 0 Å². The second kappa shape index (κ2) is 6.26. The zero-order valence-corrected chi connectivity index (χ0v) is 12.4. The molecule has 2 N–H and O–H groups in total. The van der Waals surface area contributed by atoms with Crippen molar-refractivity contribution in [3.63, 3.8) is 0 Å². The van der Waals surface area contributed by atoms with E-state index in [0.717, 1.165) is 17.5 Å². The van der Waals surface area contributed by atoms with E-state index < -0.39 is 18.1 Å². The molecule has 2 rings (SSSR count). The van der Waals surface area contributed by atoms with Crippen molar-refractivity contribution in [1.29, 1.82) is 0 Å². The van der Waals surface area contributed by atoms with E-state index in [2.05, 4.69) is 0 Å². The van der Waals surface area contributed by atoms with E-state index in [9.17, 15) is 13.2 Å². The highest BCUT2D eigenvalue weighted by molar-refractivity contribution is 5.39. The number of halogens is 3. The molecule has 0 aromatic heterocycles. The third kappa shape index (κ3) is 3.70. The Kier molecular flexibility index (Phi) is 4.81. The van der Waals surface area contributed by atoms with E-state index in [1.165, 1.54) is 0 Å². The minimum absolute atomic E-state index is 0.113. The van der Waals surface area contributed by atoms with Gasteiger partial charge in [-0.1, -0.05) is 24.1 Å². The number of hydrogen-bond donors (Lipinski definition) is 1. The molecule has 21 heavy (non-hydrogen) atoms. The molecule has 0 radical (unpaired) electrons. The van der Waals surface area contributed by atoms with Crippen LogP contribution in [0.4, 0.5) is 13.2 Å². The fourth-order valence-electron chi connectivity index (χ4n) is 3.22. The van der Waals surface area contributed by atoms with E-state index in [1.807, 2.05) is 25.1 Å². The Balaban J connectivity index is 2.19. The summed E-state index contributed by atoms with van der Waals surface area (Å²) < 4.78 is 44.1. The summed E-state index contributed by atoms with van der Waals surface area (Å²) >= 11 is 0. The second-order valence-electron chi connectivity index (χ2n) is 5.94. The first kappa shape index (κ1) is 16.1. The maximum atomic E-state index is 12.9. The van der Waals surface area contributed by atoms with Crippen LogP contribution in [0.15, 0.2) is 18.2 Å². The van der Waals surface area contributed by atoms with Crippen LogP contribution in [0.2, 0.25) is 0 Å². The van der Waals surface area contributed by atoms with Gasteiger partial charge in [0.25, 0.3) is 0 Å². The van der Waals surface area contributed by atoms with Crippen LogP contribution in [-0.2, 0) is 0 Å². The summed E-state index contributed by atoms with van der Waals surface area (Å²) in [5.74, 6) is -0.721. The lowest BCUT2D eigenvalue weighted by atomic mass is 9.76. The lowest BCUT2D eigenvalue weighted by molar-refractivity contribution is -0.186. The van der Waals surface area contributed by atoms with Crippen LogP contribution in [0.3, 0.4) is 0 Å². The Labute approximate surface area is 123 Å². The van der Waals surface area contributed by atoms with Gasteiger partial charge in [0.05, 0.1) is 13.0 Å². The molecule has 0 amide bonds. The van der Waals surface area contributed by atoms with Gasteiger partial charge in [-0.2, -0.15) is 13.2 Å². The maximum absolute atomic E-state index is 12.9. The van der Waals surface area contributed by atoms with Gasteiger partial charge in [-0.25, -0.2) is 0 Å². The van der Waals surface area contributed by atoms with Gasteiger partial charge >= 0.3 is 6.18 Å². The van der Waals surface area contributed by atoms with Crippen molar-refractivity contribution in [2.75, 3.05) is 7.11 Å². The van der Waals surface area contributed by atoms with Crippen molar-refractivity contribution in [2.24, 2.45) is 17.6 Å². The minimum atomic E-state index is -4.12. The second-order valence-corrected chi connectivity index (χ2v) is 5.94. The van der Waals surface area contributed by atoms with Crippen LogP contribution in [0, 0.1) is 18.8 Å². The van der Waals surface area contributed by atoms with Crippen LogP contribution < -0.4 is 10.5 Å². The molecule has 118 valence electrons. The average Bonchev–Trinajstić information content (AvgIpc) is 2.45. The number of benzene rings is 1. The van der Waals surface area contributed by atoms with E-state index in [1.54, 1.807) is 7.11 Å². The predicted molar refractivity (Wildman–Crippen MR) is 76.2 cm³/mol. The molecule has 1 fully saturated rings. The van der Waals surface area contributed by atoms with Crippen molar-refractivity contribution >= 4 is 0 Å². The molecule has 3 unspecified atom stereocenters. The number of nitrogens with two attached hydrogens (primary N) is 1. The van der Waals surface area contributed by atoms with Crippen LogP contribution in [0.1, 0.15) is 42.9 Å². The zero-order chi connectivity index (χ0) is 15.6. The van der Waals surface area contributed by atoms with Crippen LogP contribution >= 0.6 is 0 Å². The molecule has 1 aliphatic rings. The molecule has 0 aliphatic heterocycles. The van der Waals surface area contributed by atoms with Gasteiger partial charge in [0.15, 0.2) is 0 Å². The largest absolute Gasteiger partial charge is 0.496 e. The number of ether oxygens (including phenoxy) is 1. The van der Waals surface area contributed by atoms with Gasteiger partial charge < -0.3 is 10.5 Å². The van der Waals surface area contributed by atoms with Gasteiger partial charge in [-0.05, 0) is 38.2 Å². The topological polar surface area (TPSA) is 35.2 Å². The molecule has 3 atom stereocenters. The number of alkyl halides is 3. The Bertz CT molecular complexity index is 487. The summed E-state index contributed by atoms with van der Waals surface area (Å²) in [6.45, 7) is 1.94. The molecule has 2 nitrogen and oxygen atoms in total. The highest BCUT2D eigenvalue weighted by Crippen LogP contribution is 2.44. The summed E-state index contributed by atoms with van der Waals surface area (Å²) in [7, 11) is 1.56. The molecule has 0 spiro atoms. The summed E-state index contributed by atoms with van der Waals surface area (Å²) in [6, 6.07) is 5.24. The van der Waals surface area contributed by atoms with Gasteiger partial charge in [0.1, 0.15) is 5.75 Å². The van der Waals surface area contributed by atoms with Crippen molar-refractivity contribution < 1.29 is 17.9 Å². The zero-order valence-electron chi connectivity index (χ0n) is 12.4. The van der Waals surface area contributed by atoms with E-state index in [0.29, 0.717) is 12.2 Å². The summed E-state index contributed by atoms with van der Waals surface area (Å²) in [5.41, 5.74) is 8.12. The first-order valence-electron chi connectivity index (χ1n) is 7.29. The van der Waals surface area contributed by atoms with E-state index >= 15 is 0 Å². The van der Waals surface area contributed by atoms with Crippen molar-refractivity contribution in [3.8, 4) is 5.75 Å². The van der Waals surface area contributed by atoms with Crippen molar-refractivity contribution in [1.82, 2.24) is 0 Å². The normalized spacial score (nSPS) is 24.7. The third-order valence-corrected chi connectivity index (χ3v) is 4.43. The smallest absolute Gasteiger partial charge is 0.391 e. The molecule has 1 aromatic carbocycles. The maximum Gasteiger partial charge on any atom is 0.391 e. The number of aryl methyl sites for hydroxylation is 1. The van der Waals surface area contributed by atoms with Gasteiger partial charge in [-0.3, -0.25) is 0 Å². The molecule has 0 heterocycles. The lowest BCUT2D eigenvalue weighted by Gasteiger charge is -2.34. The molecule has 0 saturated heterocycles. The van der Waals surface area contributed by atoms with E-state index in [4.69, 9.17) is 10.5 Å². The van der Waals surface area contributed by atoms with Crippen LogP contribution in [0.25, 0.3) is 0 Å². The van der Waals surface area contributed by atoms with Crippen LogP contribution in [-0.4, -0.2) is 13.3 Å². The van der Waals surface area contributed by atoms with E-state index in [-0.39, 0.29) is 18.8 Å². The fraction of sp³-hybridized carbons (Fsp3) is 0.625. The molecule has 5 heteroatoms. The minimum Gasteiger partial charge on any atom is -0.496 e. The highest BCUT2D eigenvalue weighted by Gasteiger charge is 2.43. The predicted octanol–water partition coefficient (Wildman–Crippen LogP) is 4.37. The molecule has 1 saturated carbocycles. The van der Waals surface area contributed by atoms with Gasteiger partial charge in [0.2, 0.25) is 0 Å². The number of rotatable bonds is 3. The number of methoxy groups -OCH3 is 1. The molecule has 0 bridgehead atoms. The van der Waals surface area contributed by atoms with Crippen molar-refractivity contribution in [2.45, 2.75) is 44.8 Å². The lowest BCUT2D eigenvalue weighted by Crippen LogP contribution is -2.33. The fourth-order valence-corrected chi connectivity index (χ4v) is 3.22. The quantitative estimate of drug-likeness (QED) is 0.899. The molecule has 1 aliphatic carbocycles. The first-order chi connectivity index (χ1) is 9.82.